The first-order chi connectivity index (χ1) is 4.61. The summed E-state index contributed by atoms with van der Waals surface area (Å²) in [5.41, 5.74) is 8.53. The normalized spacial score (nSPS) is 9.90. The van der Waals surface area contributed by atoms with Gasteiger partial charge in [0.05, 0.1) is 0 Å². The van der Waals surface area contributed by atoms with Crippen molar-refractivity contribution >= 4 is 17.3 Å². The second-order valence-electron chi connectivity index (χ2n) is 2.46. The lowest BCUT2D eigenvalue weighted by molar-refractivity contribution is 1.39. The molecule has 0 aliphatic carbocycles. The zero-order valence-corrected chi connectivity index (χ0v) is 6.87. The summed E-state index contributed by atoms with van der Waals surface area (Å²) in [5, 5.41) is 0.739. The van der Waals surface area contributed by atoms with Crippen LogP contribution in [0.3, 0.4) is 0 Å². The maximum atomic E-state index is 5.81. The van der Waals surface area contributed by atoms with E-state index in [0.29, 0.717) is 0 Å². The molecule has 0 heterocycles. The summed E-state index contributed by atoms with van der Waals surface area (Å²) < 4.78 is 0. The Morgan fingerprint density at radius 3 is 2.30 bits per heavy atom. The minimum atomic E-state index is 0.739. The summed E-state index contributed by atoms with van der Waals surface area (Å²) in [7, 11) is 0. The summed E-state index contributed by atoms with van der Waals surface area (Å²) in [6.07, 6.45) is 0. The topological polar surface area (TPSA) is 26.0 Å². The first-order valence-corrected chi connectivity index (χ1v) is 3.51. The van der Waals surface area contributed by atoms with Crippen LogP contribution in [0.5, 0.6) is 0 Å². The highest BCUT2D eigenvalue weighted by Gasteiger charge is 1.97. The Labute approximate surface area is 65.8 Å². The second kappa shape index (κ2) is 2.51. The predicted octanol–water partition coefficient (Wildman–Crippen LogP) is 2.54. The Morgan fingerprint density at radius 1 is 1.20 bits per heavy atom. The van der Waals surface area contributed by atoms with Gasteiger partial charge in [-0.15, -0.1) is 0 Å². The largest absolute Gasteiger partial charge is 0.398 e. The molecule has 0 fully saturated rings. The molecule has 0 amide bonds. The molecule has 54 valence electrons. The maximum Gasteiger partial charge on any atom is 0.0455 e. The van der Waals surface area contributed by atoms with E-state index in [0.717, 1.165) is 21.8 Å². The van der Waals surface area contributed by atoms with Crippen molar-refractivity contribution < 1.29 is 0 Å². The van der Waals surface area contributed by atoms with Crippen molar-refractivity contribution in [1.29, 1.82) is 0 Å². The van der Waals surface area contributed by atoms with Gasteiger partial charge in [-0.3, -0.25) is 0 Å². The molecule has 0 atom stereocenters. The number of aryl methyl sites for hydroxylation is 2. The molecule has 0 bridgehead atoms. The van der Waals surface area contributed by atoms with Gasteiger partial charge < -0.3 is 5.73 Å². The second-order valence-corrected chi connectivity index (χ2v) is 2.87. The summed E-state index contributed by atoms with van der Waals surface area (Å²) >= 11 is 5.81. The molecule has 0 aliphatic heterocycles. The van der Waals surface area contributed by atoms with Crippen molar-refractivity contribution in [2.45, 2.75) is 13.8 Å². The third-order valence-electron chi connectivity index (χ3n) is 1.55. The van der Waals surface area contributed by atoms with Gasteiger partial charge in [0.15, 0.2) is 0 Å². The smallest absolute Gasteiger partial charge is 0.0455 e. The molecule has 0 spiro atoms. The molecular weight excluding hydrogens is 146 g/mol. The lowest BCUT2D eigenvalue weighted by Gasteiger charge is -2.02. The molecule has 0 unspecified atom stereocenters. The SMILES string of the molecule is Cc1cc(C)c(Cl)cc1N. The number of anilines is 1. The molecule has 1 aromatic rings. The predicted molar refractivity (Wildman–Crippen MR) is 45.3 cm³/mol. The number of hydrogen-bond acceptors (Lipinski definition) is 1. The van der Waals surface area contributed by atoms with Crippen LogP contribution in [0.1, 0.15) is 11.1 Å². The molecular formula is C8H10ClN. The van der Waals surface area contributed by atoms with Crippen molar-refractivity contribution in [3.63, 3.8) is 0 Å². The number of nitrogen functional groups attached to an aromatic ring is 1. The number of benzene rings is 1. The van der Waals surface area contributed by atoms with Crippen LogP contribution in [0.25, 0.3) is 0 Å². The van der Waals surface area contributed by atoms with E-state index in [1.807, 2.05) is 19.9 Å². The fraction of sp³-hybridized carbons (Fsp3) is 0.250. The van der Waals surface area contributed by atoms with Gasteiger partial charge in [0.1, 0.15) is 0 Å². The number of hydrogen-bond donors (Lipinski definition) is 1. The average Bonchev–Trinajstić information content (AvgIpc) is 1.84. The molecule has 0 radical (unpaired) electrons. The van der Waals surface area contributed by atoms with Gasteiger partial charge in [-0.1, -0.05) is 17.7 Å². The molecule has 0 aliphatic rings. The van der Waals surface area contributed by atoms with Gasteiger partial charge in [-0.25, -0.2) is 0 Å². The fourth-order valence-electron chi connectivity index (χ4n) is 0.841. The molecule has 0 saturated heterocycles. The van der Waals surface area contributed by atoms with Crippen molar-refractivity contribution in [2.75, 3.05) is 5.73 Å². The minimum absolute atomic E-state index is 0.739. The van der Waals surface area contributed by atoms with Crippen LogP contribution < -0.4 is 5.73 Å². The first-order valence-electron chi connectivity index (χ1n) is 3.13. The van der Waals surface area contributed by atoms with Gasteiger partial charge in [-0.2, -0.15) is 0 Å². The highest BCUT2D eigenvalue weighted by molar-refractivity contribution is 6.31. The third-order valence-corrected chi connectivity index (χ3v) is 1.95. The molecule has 2 heteroatoms. The summed E-state index contributed by atoms with van der Waals surface area (Å²) in [6, 6.07) is 3.77. The molecule has 1 rings (SSSR count). The molecule has 2 N–H and O–H groups in total. The Bertz CT molecular complexity index is 205. The van der Waals surface area contributed by atoms with Crippen LogP contribution in [0.2, 0.25) is 5.02 Å². The van der Waals surface area contributed by atoms with E-state index in [1.54, 1.807) is 6.07 Å². The van der Waals surface area contributed by atoms with Crippen LogP contribution in [0.4, 0.5) is 5.69 Å². The summed E-state index contributed by atoms with van der Waals surface area (Å²) in [5.74, 6) is 0. The lowest BCUT2D eigenvalue weighted by Crippen LogP contribution is -1.89. The Morgan fingerprint density at radius 2 is 1.80 bits per heavy atom. The van der Waals surface area contributed by atoms with Gasteiger partial charge in [0.25, 0.3) is 0 Å². The van der Waals surface area contributed by atoms with E-state index in [9.17, 15) is 0 Å². The van der Waals surface area contributed by atoms with E-state index < -0.39 is 0 Å². The Hall–Kier alpha value is -0.690. The van der Waals surface area contributed by atoms with Crippen LogP contribution in [-0.2, 0) is 0 Å². The van der Waals surface area contributed by atoms with Crippen LogP contribution >= 0.6 is 11.6 Å². The lowest BCUT2D eigenvalue weighted by atomic mass is 10.1. The van der Waals surface area contributed by atoms with Crippen molar-refractivity contribution in [3.05, 3.63) is 28.3 Å². The molecule has 1 aromatic carbocycles. The summed E-state index contributed by atoms with van der Waals surface area (Å²) in [6.45, 7) is 3.94. The highest BCUT2D eigenvalue weighted by Crippen LogP contribution is 2.21. The van der Waals surface area contributed by atoms with Crippen molar-refractivity contribution in [3.8, 4) is 0 Å². The Kier molecular flexibility index (Phi) is 1.86. The van der Waals surface area contributed by atoms with E-state index in [2.05, 4.69) is 0 Å². The minimum Gasteiger partial charge on any atom is -0.398 e. The van der Waals surface area contributed by atoms with Crippen LogP contribution in [0, 0.1) is 13.8 Å². The maximum absolute atomic E-state index is 5.81. The van der Waals surface area contributed by atoms with Gasteiger partial charge in [-0.05, 0) is 31.0 Å². The van der Waals surface area contributed by atoms with Crippen molar-refractivity contribution in [1.82, 2.24) is 0 Å². The monoisotopic (exact) mass is 155 g/mol. The zero-order chi connectivity index (χ0) is 7.72. The molecule has 10 heavy (non-hydrogen) atoms. The van der Waals surface area contributed by atoms with Gasteiger partial charge >= 0.3 is 0 Å². The zero-order valence-electron chi connectivity index (χ0n) is 6.11. The molecule has 0 saturated carbocycles. The number of halogens is 1. The van der Waals surface area contributed by atoms with Gasteiger partial charge in [0, 0.05) is 10.7 Å². The third kappa shape index (κ3) is 1.24. The molecule has 0 aromatic heterocycles. The van der Waals surface area contributed by atoms with Crippen LogP contribution in [-0.4, -0.2) is 0 Å². The Balaban J connectivity index is 3.28. The number of nitrogens with two attached hydrogens (primary N) is 1. The fourth-order valence-corrected chi connectivity index (χ4v) is 1.01. The van der Waals surface area contributed by atoms with Crippen LogP contribution in [0.15, 0.2) is 12.1 Å². The van der Waals surface area contributed by atoms with E-state index in [1.165, 1.54) is 0 Å². The quantitative estimate of drug-likeness (QED) is 0.573. The summed E-state index contributed by atoms with van der Waals surface area (Å²) in [4.78, 5) is 0. The highest BCUT2D eigenvalue weighted by atomic mass is 35.5. The number of rotatable bonds is 0. The first kappa shape index (κ1) is 7.42. The molecule has 1 nitrogen and oxygen atoms in total. The van der Waals surface area contributed by atoms with Gasteiger partial charge in [0.2, 0.25) is 0 Å². The van der Waals surface area contributed by atoms with Crippen molar-refractivity contribution in [2.24, 2.45) is 0 Å². The standard InChI is InChI=1S/C8H10ClN/c1-5-3-6(2)8(10)4-7(5)9/h3-4H,10H2,1-2H3. The van der Waals surface area contributed by atoms with E-state index >= 15 is 0 Å². The van der Waals surface area contributed by atoms with E-state index in [-0.39, 0.29) is 0 Å². The van der Waals surface area contributed by atoms with E-state index in [4.69, 9.17) is 17.3 Å². The average molecular weight is 156 g/mol.